The van der Waals surface area contributed by atoms with Crippen LogP contribution < -0.4 is 5.48 Å². The summed E-state index contributed by atoms with van der Waals surface area (Å²) < 4.78 is 1.87. The highest BCUT2D eigenvalue weighted by Crippen LogP contribution is 2.31. The van der Waals surface area contributed by atoms with Gasteiger partial charge in [-0.2, -0.15) is 0 Å². The lowest BCUT2D eigenvalue weighted by Crippen LogP contribution is -2.45. The Morgan fingerprint density at radius 1 is 1.19 bits per heavy atom. The molecule has 0 heterocycles. The number of hydroxylamine groups is 1. The molecule has 0 bridgehead atoms. The van der Waals surface area contributed by atoms with Crippen molar-refractivity contribution in [2.24, 2.45) is 5.92 Å². The predicted octanol–water partition coefficient (Wildman–Crippen LogP) is 3.63. The third kappa shape index (κ3) is 5.29. The fourth-order valence-corrected chi connectivity index (χ4v) is 3.74. The normalized spacial score (nSPS) is 12.2. The second-order valence-electron chi connectivity index (χ2n) is 6.07. The summed E-state index contributed by atoms with van der Waals surface area (Å²) in [5.74, 6) is -0.554. The van der Waals surface area contributed by atoms with Gasteiger partial charge in [-0.1, -0.05) is 44.2 Å². The maximum atomic E-state index is 12.2. The van der Waals surface area contributed by atoms with Crippen LogP contribution in [0.3, 0.4) is 0 Å². The molecule has 0 fully saturated rings. The second-order valence-corrected chi connectivity index (χ2v) is 7.19. The number of nitro groups is 1. The van der Waals surface area contributed by atoms with Crippen molar-refractivity contribution in [1.82, 2.24) is 9.79 Å². The van der Waals surface area contributed by atoms with Crippen LogP contribution in [0.15, 0.2) is 59.5 Å². The van der Waals surface area contributed by atoms with Crippen LogP contribution in [-0.2, 0) is 11.3 Å². The van der Waals surface area contributed by atoms with Gasteiger partial charge in [-0.15, -0.1) is 0 Å². The fraction of sp³-hybridized carbons (Fsp3) is 0.278. The smallest absolute Gasteiger partial charge is 0.269 e. The minimum absolute atomic E-state index is 0.0115. The summed E-state index contributed by atoms with van der Waals surface area (Å²) in [6.45, 7) is 4.27. The van der Waals surface area contributed by atoms with Crippen LogP contribution in [-0.4, -0.2) is 26.4 Å². The molecule has 0 spiro atoms. The lowest BCUT2D eigenvalue weighted by atomic mass is 10.0. The summed E-state index contributed by atoms with van der Waals surface area (Å²) >= 11 is 1.32. The molecule has 0 aromatic heterocycles. The zero-order valence-corrected chi connectivity index (χ0v) is 15.3. The van der Waals surface area contributed by atoms with Crippen LogP contribution in [0.5, 0.6) is 0 Å². The van der Waals surface area contributed by atoms with Crippen molar-refractivity contribution >= 4 is 23.5 Å². The van der Waals surface area contributed by atoms with E-state index < -0.39 is 16.9 Å². The van der Waals surface area contributed by atoms with E-state index in [9.17, 15) is 14.9 Å². The number of benzene rings is 2. The summed E-state index contributed by atoms with van der Waals surface area (Å²) in [7, 11) is 0. The Morgan fingerprint density at radius 2 is 1.81 bits per heavy atom. The highest BCUT2D eigenvalue weighted by molar-refractivity contribution is 7.97. The van der Waals surface area contributed by atoms with Gasteiger partial charge in [0.2, 0.25) is 0 Å². The van der Waals surface area contributed by atoms with Crippen molar-refractivity contribution in [2.75, 3.05) is 0 Å². The molecule has 0 saturated heterocycles. The minimum atomic E-state index is -0.583. The number of rotatable bonds is 8. The maximum absolute atomic E-state index is 12.2. The van der Waals surface area contributed by atoms with Crippen molar-refractivity contribution in [3.8, 4) is 0 Å². The molecule has 2 aromatic carbocycles. The maximum Gasteiger partial charge on any atom is 0.269 e. The van der Waals surface area contributed by atoms with Crippen LogP contribution in [0, 0.1) is 16.0 Å². The summed E-state index contributed by atoms with van der Waals surface area (Å²) in [6.07, 6.45) is 0. The summed E-state index contributed by atoms with van der Waals surface area (Å²) in [5, 5.41) is 19.9. The van der Waals surface area contributed by atoms with Crippen molar-refractivity contribution in [2.45, 2.75) is 31.3 Å². The van der Waals surface area contributed by atoms with Crippen molar-refractivity contribution in [3.05, 3.63) is 70.3 Å². The van der Waals surface area contributed by atoms with E-state index >= 15 is 0 Å². The van der Waals surface area contributed by atoms with Gasteiger partial charge < -0.3 is 0 Å². The molecule has 1 atom stereocenters. The summed E-state index contributed by atoms with van der Waals surface area (Å²) in [5.41, 5.74) is 2.76. The van der Waals surface area contributed by atoms with E-state index in [4.69, 9.17) is 5.21 Å². The highest BCUT2D eigenvalue weighted by atomic mass is 32.2. The Bertz CT molecular complexity index is 738. The molecule has 8 heteroatoms. The minimum Gasteiger partial charge on any atom is -0.289 e. The molecule has 0 unspecified atom stereocenters. The van der Waals surface area contributed by atoms with Gasteiger partial charge in [-0.05, 0) is 35.6 Å². The van der Waals surface area contributed by atoms with Crippen LogP contribution in [0.1, 0.15) is 19.4 Å². The number of amides is 1. The number of hydrogen-bond acceptors (Lipinski definition) is 6. The lowest BCUT2D eigenvalue weighted by molar-refractivity contribution is -0.384. The quantitative estimate of drug-likeness (QED) is 0.317. The van der Waals surface area contributed by atoms with Crippen LogP contribution in [0.25, 0.3) is 0 Å². The van der Waals surface area contributed by atoms with E-state index in [1.165, 1.54) is 24.1 Å². The summed E-state index contributed by atoms with van der Waals surface area (Å²) in [6, 6.07) is 15.2. The first-order valence-electron chi connectivity index (χ1n) is 8.09. The number of nitrogens with one attached hydrogen (secondary N) is 1. The summed E-state index contributed by atoms with van der Waals surface area (Å²) in [4.78, 5) is 23.3. The molecule has 0 aliphatic carbocycles. The van der Waals surface area contributed by atoms with Crippen molar-refractivity contribution < 1.29 is 14.9 Å². The Morgan fingerprint density at radius 3 is 2.31 bits per heavy atom. The molecule has 0 aliphatic rings. The average Bonchev–Trinajstić information content (AvgIpc) is 2.62. The van der Waals surface area contributed by atoms with Gasteiger partial charge in [-0.25, -0.2) is 9.79 Å². The van der Waals surface area contributed by atoms with Crippen LogP contribution in [0.2, 0.25) is 0 Å². The van der Waals surface area contributed by atoms with E-state index in [-0.39, 0.29) is 11.6 Å². The van der Waals surface area contributed by atoms with Crippen molar-refractivity contribution in [3.63, 3.8) is 0 Å². The van der Waals surface area contributed by atoms with Gasteiger partial charge in [-0.3, -0.25) is 20.1 Å². The first kappa shape index (κ1) is 19.9. The number of carbonyl (C=O) groups is 1. The number of hydrogen-bond donors (Lipinski definition) is 2. The van der Waals surface area contributed by atoms with E-state index in [1.54, 1.807) is 17.6 Å². The molecule has 0 aliphatic heterocycles. The SMILES string of the molecule is CC(C)[C@@H](C(=O)NO)N(Cc1ccccc1)Sc1ccc([N+](=O)[O-])cc1. The fourth-order valence-electron chi connectivity index (χ4n) is 2.55. The molecule has 2 rings (SSSR count). The number of non-ortho nitro benzene ring substituents is 1. The molecule has 138 valence electrons. The standard InChI is InChI=1S/C18H21N3O4S/c1-13(2)17(18(22)19-23)20(12-14-6-4-3-5-7-14)26-16-10-8-15(9-11-16)21(24)25/h3-11,13,17,23H,12H2,1-2H3,(H,19,22)/t17-/m0/s1. The largest absolute Gasteiger partial charge is 0.289 e. The zero-order valence-electron chi connectivity index (χ0n) is 14.5. The van der Waals surface area contributed by atoms with E-state index in [1.807, 2.05) is 48.5 Å². The molecule has 2 aromatic rings. The van der Waals surface area contributed by atoms with Crippen molar-refractivity contribution in [1.29, 1.82) is 0 Å². The van der Waals surface area contributed by atoms with Gasteiger partial charge in [0.05, 0.1) is 4.92 Å². The monoisotopic (exact) mass is 375 g/mol. The van der Waals surface area contributed by atoms with E-state index in [0.717, 1.165) is 10.5 Å². The van der Waals surface area contributed by atoms with E-state index in [0.29, 0.717) is 6.54 Å². The zero-order chi connectivity index (χ0) is 19.1. The number of nitrogens with zero attached hydrogens (tertiary/aromatic N) is 2. The van der Waals surface area contributed by atoms with Crippen LogP contribution >= 0.6 is 11.9 Å². The molecule has 26 heavy (non-hydrogen) atoms. The van der Waals surface area contributed by atoms with Gasteiger partial charge in [0, 0.05) is 23.6 Å². The Balaban J connectivity index is 2.29. The molecule has 2 N–H and O–H groups in total. The molecule has 0 saturated carbocycles. The topological polar surface area (TPSA) is 95.7 Å². The lowest BCUT2D eigenvalue weighted by Gasteiger charge is -2.31. The molecule has 0 radical (unpaired) electrons. The molecular weight excluding hydrogens is 354 g/mol. The highest BCUT2D eigenvalue weighted by Gasteiger charge is 2.30. The third-order valence-corrected chi connectivity index (χ3v) is 4.85. The molecule has 1 amide bonds. The first-order chi connectivity index (χ1) is 12.4. The number of nitro benzene ring substituents is 1. The molecular formula is C18H21N3O4S. The Hall–Kier alpha value is -2.42. The Labute approximate surface area is 156 Å². The average molecular weight is 375 g/mol. The predicted molar refractivity (Wildman–Crippen MR) is 99.5 cm³/mol. The van der Waals surface area contributed by atoms with E-state index in [2.05, 4.69) is 0 Å². The van der Waals surface area contributed by atoms with Crippen LogP contribution in [0.4, 0.5) is 5.69 Å². The molecule has 7 nitrogen and oxygen atoms in total. The van der Waals surface area contributed by atoms with Gasteiger partial charge in [0.25, 0.3) is 11.6 Å². The first-order valence-corrected chi connectivity index (χ1v) is 8.86. The number of carbonyl (C=O) groups excluding carboxylic acids is 1. The second kappa shape index (κ2) is 9.33. The Kier molecular flexibility index (Phi) is 7.14. The van der Waals surface area contributed by atoms with Gasteiger partial charge >= 0.3 is 0 Å². The van der Waals surface area contributed by atoms with Gasteiger partial charge in [0.1, 0.15) is 6.04 Å². The third-order valence-electron chi connectivity index (χ3n) is 3.77. The van der Waals surface area contributed by atoms with Gasteiger partial charge in [0.15, 0.2) is 0 Å².